The third-order valence-electron chi connectivity index (χ3n) is 13.8. The van der Waals surface area contributed by atoms with Gasteiger partial charge in [0.05, 0.1) is 5.41 Å². The first-order valence-electron chi connectivity index (χ1n) is 22.4. The number of ether oxygens (including phenoxy) is 1. The molecule has 1 spiro atoms. The Morgan fingerprint density at radius 2 is 0.646 bits per heavy atom. The SMILES string of the molecule is c1ccc2c(c1)Oc1c(-c3ccc(N(c4ccc(-c5cccc6ccccc56)cc4)c4ccc(-c5cccc6ccccc56)cc4)cc3)cccc1C21c2ccccc2-c2ccccc21. The van der Waals surface area contributed by atoms with E-state index in [1.165, 1.54) is 71.6 Å². The van der Waals surface area contributed by atoms with E-state index in [2.05, 4.69) is 254 Å². The molecule has 0 fully saturated rings. The van der Waals surface area contributed by atoms with E-state index in [4.69, 9.17) is 4.74 Å². The molecular weight excluding hydrogens is 787 g/mol. The molecule has 13 rings (SSSR count). The number of para-hydroxylation sites is 2. The number of hydrogen-bond donors (Lipinski definition) is 0. The van der Waals surface area contributed by atoms with Gasteiger partial charge in [0, 0.05) is 33.8 Å². The highest BCUT2D eigenvalue weighted by molar-refractivity contribution is 5.98. The van der Waals surface area contributed by atoms with Crippen molar-refractivity contribution in [3.05, 3.63) is 271 Å². The van der Waals surface area contributed by atoms with Gasteiger partial charge in [-0.15, -0.1) is 0 Å². The fourth-order valence-corrected chi connectivity index (χ4v) is 10.9. The van der Waals surface area contributed by atoms with Crippen LogP contribution in [-0.2, 0) is 5.41 Å². The molecule has 0 N–H and O–H groups in total. The van der Waals surface area contributed by atoms with Crippen LogP contribution in [0, 0.1) is 0 Å². The Balaban J connectivity index is 0.929. The highest BCUT2D eigenvalue weighted by Gasteiger charge is 2.51. The van der Waals surface area contributed by atoms with E-state index in [0.29, 0.717) is 0 Å². The highest BCUT2D eigenvalue weighted by atomic mass is 16.5. The maximum atomic E-state index is 7.03. The second-order valence-electron chi connectivity index (χ2n) is 17.2. The van der Waals surface area contributed by atoms with Gasteiger partial charge in [-0.25, -0.2) is 0 Å². The molecule has 2 nitrogen and oxygen atoms in total. The van der Waals surface area contributed by atoms with Crippen molar-refractivity contribution in [2.45, 2.75) is 5.41 Å². The lowest BCUT2D eigenvalue weighted by Gasteiger charge is -2.40. The van der Waals surface area contributed by atoms with Crippen LogP contribution in [0.5, 0.6) is 11.5 Å². The van der Waals surface area contributed by atoms with Gasteiger partial charge < -0.3 is 9.64 Å². The summed E-state index contributed by atoms with van der Waals surface area (Å²) in [5.74, 6) is 1.79. The Bertz CT molecular complexity index is 3440. The molecule has 11 aromatic carbocycles. The van der Waals surface area contributed by atoms with Gasteiger partial charge in [-0.05, 0) is 114 Å². The fraction of sp³-hybridized carbons (Fsp3) is 0.0159. The van der Waals surface area contributed by atoms with Crippen LogP contribution in [0.15, 0.2) is 249 Å². The van der Waals surface area contributed by atoms with Crippen molar-refractivity contribution in [2.75, 3.05) is 4.90 Å². The molecule has 11 aromatic rings. The maximum Gasteiger partial charge on any atom is 0.140 e. The predicted molar refractivity (Wildman–Crippen MR) is 270 cm³/mol. The molecule has 0 saturated heterocycles. The fourth-order valence-electron chi connectivity index (χ4n) is 10.9. The van der Waals surface area contributed by atoms with Gasteiger partial charge in [0.1, 0.15) is 11.5 Å². The van der Waals surface area contributed by atoms with Gasteiger partial charge in [0.2, 0.25) is 0 Å². The van der Waals surface area contributed by atoms with Gasteiger partial charge in [-0.2, -0.15) is 0 Å². The zero-order chi connectivity index (χ0) is 42.9. The lowest BCUT2D eigenvalue weighted by molar-refractivity contribution is 0.438. The molecule has 0 atom stereocenters. The van der Waals surface area contributed by atoms with Crippen LogP contribution in [0.3, 0.4) is 0 Å². The molecule has 2 aliphatic rings. The van der Waals surface area contributed by atoms with Crippen LogP contribution in [0.4, 0.5) is 17.1 Å². The number of fused-ring (bicyclic) bond motifs is 11. The minimum absolute atomic E-state index is 0.513. The molecule has 0 bridgehead atoms. The van der Waals surface area contributed by atoms with E-state index >= 15 is 0 Å². The molecule has 0 unspecified atom stereocenters. The number of hydrogen-bond acceptors (Lipinski definition) is 2. The van der Waals surface area contributed by atoms with Crippen LogP contribution in [0.25, 0.3) is 66.1 Å². The van der Waals surface area contributed by atoms with Gasteiger partial charge >= 0.3 is 0 Å². The van der Waals surface area contributed by atoms with E-state index < -0.39 is 5.41 Å². The van der Waals surface area contributed by atoms with Crippen molar-refractivity contribution in [3.8, 4) is 56.0 Å². The number of anilines is 3. The van der Waals surface area contributed by atoms with Gasteiger partial charge in [0.15, 0.2) is 0 Å². The Kier molecular flexibility index (Phi) is 8.47. The van der Waals surface area contributed by atoms with Crippen molar-refractivity contribution in [3.63, 3.8) is 0 Å². The standard InChI is InChI=1S/C63H41NO/c1-3-18-50-42(14-1)16-11-22-52(50)44-30-36-47(37-31-44)64(48-38-32-45(33-39-48)53-23-12-17-43-15-2-4-19-51(43)53)49-40-34-46(35-41-49)54-24-13-28-60-62(54)65-61-29-10-9-27-59(61)63(60)57-25-7-5-20-55(57)56-21-6-8-26-58(56)63/h1-41H. The quantitative estimate of drug-likeness (QED) is 0.166. The zero-order valence-corrected chi connectivity index (χ0v) is 35.5. The molecule has 1 aliphatic heterocycles. The first kappa shape index (κ1) is 37.1. The van der Waals surface area contributed by atoms with Gasteiger partial charge in [-0.3, -0.25) is 0 Å². The van der Waals surface area contributed by atoms with E-state index in [1.807, 2.05) is 0 Å². The average Bonchev–Trinajstić information content (AvgIpc) is 3.67. The summed E-state index contributed by atoms with van der Waals surface area (Å²) in [5, 5.41) is 4.98. The lowest BCUT2D eigenvalue weighted by Crippen LogP contribution is -2.32. The van der Waals surface area contributed by atoms with Crippen molar-refractivity contribution in [2.24, 2.45) is 0 Å². The summed E-state index contributed by atoms with van der Waals surface area (Å²) in [6.07, 6.45) is 0. The maximum absolute atomic E-state index is 7.03. The van der Waals surface area contributed by atoms with Crippen molar-refractivity contribution in [1.29, 1.82) is 0 Å². The average molecular weight is 828 g/mol. The molecule has 0 amide bonds. The summed E-state index contributed by atoms with van der Waals surface area (Å²) >= 11 is 0. The molecule has 304 valence electrons. The van der Waals surface area contributed by atoms with E-state index in [0.717, 1.165) is 45.3 Å². The van der Waals surface area contributed by atoms with Gasteiger partial charge in [0.25, 0.3) is 0 Å². The topological polar surface area (TPSA) is 12.5 Å². The van der Waals surface area contributed by atoms with Crippen LogP contribution >= 0.6 is 0 Å². The number of benzene rings is 11. The first-order valence-corrected chi connectivity index (χ1v) is 22.4. The Morgan fingerprint density at radius 3 is 1.18 bits per heavy atom. The van der Waals surface area contributed by atoms with Crippen LogP contribution in [0.1, 0.15) is 22.3 Å². The molecule has 0 radical (unpaired) electrons. The normalized spacial score (nSPS) is 12.9. The van der Waals surface area contributed by atoms with Crippen molar-refractivity contribution < 1.29 is 4.74 Å². The van der Waals surface area contributed by atoms with E-state index in [1.54, 1.807) is 0 Å². The Morgan fingerprint density at radius 1 is 0.277 bits per heavy atom. The second kappa shape index (κ2) is 14.8. The minimum atomic E-state index is -0.513. The monoisotopic (exact) mass is 827 g/mol. The van der Waals surface area contributed by atoms with Gasteiger partial charge in [-0.1, -0.05) is 206 Å². The van der Waals surface area contributed by atoms with Crippen LogP contribution in [0.2, 0.25) is 0 Å². The van der Waals surface area contributed by atoms with E-state index in [-0.39, 0.29) is 0 Å². The molecule has 1 heterocycles. The second-order valence-corrected chi connectivity index (χ2v) is 17.2. The Labute approximate surface area is 378 Å². The summed E-state index contributed by atoms with van der Waals surface area (Å²) in [6, 6.07) is 90.4. The predicted octanol–water partition coefficient (Wildman–Crippen LogP) is 16.9. The summed E-state index contributed by atoms with van der Waals surface area (Å²) in [5.41, 5.74) is 17.2. The summed E-state index contributed by atoms with van der Waals surface area (Å²) < 4.78 is 7.03. The Hall–Kier alpha value is -8.46. The molecule has 0 aromatic heterocycles. The van der Waals surface area contributed by atoms with E-state index in [9.17, 15) is 0 Å². The summed E-state index contributed by atoms with van der Waals surface area (Å²) in [7, 11) is 0. The lowest BCUT2D eigenvalue weighted by atomic mass is 9.65. The smallest absolute Gasteiger partial charge is 0.140 e. The molecule has 1 aliphatic carbocycles. The molecule has 65 heavy (non-hydrogen) atoms. The summed E-state index contributed by atoms with van der Waals surface area (Å²) in [4.78, 5) is 2.36. The third-order valence-corrected chi connectivity index (χ3v) is 13.8. The molecule has 0 saturated carbocycles. The zero-order valence-electron chi connectivity index (χ0n) is 35.5. The first-order chi connectivity index (χ1) is 32.2. The third kappa shape index (κ3) is 5.74. The summed E-state index contributed by atoms with van der Waals surface area (Å²) in [6.45, 7) is 0. The van der Waals surface area contributed by atoms with Crippen molar-refractivity contribution in [1.82, 2.24) is 0 Å². The number of rotatable bonds is 6. The number of nitrogens with zero attached hydrogens (tertiary/aromatic N) is 1. The van der Waals surface area contributed by atoms with Crippen LogP contribution < -0.4 is 9.64 Å². The largest absolute Gasteiger partial charge is 0.456 e. The minimum Gasteiger partial charge on any atom is -0.456 e. The van der Waals surface area contributed by atoms with Crippen molar-refractivity contribution >= 4 is 38.6 Å². The molecule has 2 heteroatoms. The van der Waals surface area contributed by atoms with Crippen LogP contribution in [-0.4, -0.2) is 0 Å². The highest BCUT2D eigenvalue weighted by Crippen LogP contribution is 2.63. The molecular formula is C63H41NO.